The monoisotopic (exact) mass is 330 g/mol. The summed E-state index contributed by atoms with van der Waals surface area (Å²) in [7, 11) is 0. The maximum Gasteiger partial charge on any atom is 0.242 e. The van der Waals surface area contributed by atoms with Gasteiger partial charge in [-0.2, -0.15) is 5.10 Å². The van der Waals surface area contributed by atoms with Crippen molar-refractivity contribution in [2.75, 3.05) is 0 Å². The number of carbonyl (C=O) groups excluding carboxylic acids is 1. The van der Waals surface area contributed by atoms with Crippen LogP contribution in [0.4, 0.5) is 0 Å². The zero-order valence-electron chi connectivity index (χ0n) is 12.4. The van der Waals surface area contributed by atoms with Crippen LogP contribution in [0.15, 0.2) is 53.4 Å². The van der Waals surface area contributed by atoms with Gasteiger partial charge in [0, 0.05) is 5.56 Å². The van der Waals surface area contributed by atoms with Crippen molar-refractivity contribution in [3.8, 4) is 11.4 Å². The molecule has 3 aromatic rings. The number of nitrogens with one attached hydrogen (secondary N) is 1. The predicted octanol–water partition coefficient (Wildman–Crippen LogP) is 3.07. The second-order valence-electron chi connectivity index (χ2n) is 5.03. The first-order valence-electron chi connectivity index (χ1n) is 7.10. The van der Waals surface area contributed by atoms with Gasteiger partial charge in [-0.25, -0.2) is 9.67 Å². The largest absolute Gasteiger partial charge is 0.467 e. The lowest BCUT2D eigenvalue weighted by Crippen LogP contribution is -2.30. The third-order valence-corrected chi connectivity index (χ3v) is 3.70. The fraction of sp³-hybridized carbons (Fsp3) is 0.188. The van der Waals surface area contributed by atoms with Crippen molar-refractivity contribution in [2.24, 2.45) is 0 Å². The normalized spacial score (nSPS) is 12.1. The molecule has 2 aromatic heterocycles. The van der Waals surface area contributed by atoms with Gasteiger partial charge in [-0.05, 0) is 31.2 Å². The number of amides is 1. The fourth-order valence-electron chi connectivity index (χ4n) is 2.26. The van der Waals surface area contributed by atoms with Gasteiger partial charge in [0.2, 0.25) is 5.91 Å². The van der Waals surface area contributed by atoms with Gasteiger partial charge in [0.05, 0.1) is 17.3 Å². The van der Waals surface area contributed by atoms with E-state index in [1.54, 1.807) is 18.4 Å². The molecule has 23 heavy (non-hydrogen) atoms. The third-order valence-electron chi connectivity index (χ3n) is 3.37. The fourth-order valence-corrected chi connectivity index (χ4v) is 2.48. The Bertz CT molecular complexity index is 798. The van der Waals surface area contributed by atoms with E-state index in [4.69, 9.17) is 16.0 Å². The molecule has 0 saturated heterocycles. The third kappa shape index (κ3) is 3.43. The smallest absolute Gasteiger partial charge is 0.242 e. The van der Waals surface area contributed by atoms with Crippen LogP contribution in [0.25, 0.3) is 11.4 Å². The molecule has 2 heterocycles. The summed E-state index contributed by atoms with van der Waals surface area (Å²) in [5, 5.41) is 7.53. The Morgan fingerprint density at radius 3 is 2.91 bits per heavy atom. The van der Waals surface area contributed by atoms with Crippen LogP contribution < -0.4 is 5.32 Å². The summed E-state index contributed by atoms with van der Waals surface area (Å²) >= 11 is 6.18. The molecule has 6 nitrogen and oxygen atoms in total. The molecule has 0 radical (unpaired) electrons. The van der Waals surface area contributed by atoms with E-state index in [1.165, 1.54) is 11.0 Å². The lowest BCUT2D eigenvalue weighted by molar-refractivity contribution is -0.122. The highest BCUT2D eigenvalue weighted by Crippen LogP contribution is 2.25. The number of hydrogen-bond donors (Lipinski definition) is 1. The van der Waals surface area contributed by atoms with Crippen LogP contribution in [0.2, 0.25) is 5.02 Å². The Morgan fingerprint density at radius 1 is 1.35 bits per heavy atom. The molecule has 0 aliphatic heterocycles. The second kappa shape index (κ2) is 6.66. The Morgan fingerprint density at radius 2 is 2.17 bits per heavy atom. The summed E-state index contributed by atoms with van der Waals surface area (Å²) in [4.78, 5) is 16.4. The molecule has 1 atom stereocenters. The molecule has 1 amide bonds. The number of carbonyl (C=O) groups is 1. The van der Waals surface area contributed by atoms with Crippen LogP contribution in [-0.4, -0.2) is 20.7 Å². The van der Waals surface area contributed by atoms with Gasteiger partial charge in [0.15, 0.2) is 5.82 Å². The van der Waals surface area contributed by atoms with Crippen molar-refractivity contribution in [1.29, 1.82) is 0 Å². The molecule has 0 unspecified atom stereocenters. The van der Waals surface area contributed by atoms with Gasteiger partial charge in [-0.3, -0.25) is 4.79 Å². The zero-order valence-corrected chi connectivity index (χ0v) is 13.2. The van der Waals surface area contributed by atoms with Crippen LogP contribution in [0, 0.1) is 0 Å². The number of furan rings is 1. The van der Waals surface area contributed by atoms with Gasteiger partial charge < -0.3 is 9.73 Å². The number of hydrogen-bond acceptors (Lipinski definition) is 4. The summed E-state index contributed by atoms with van der Waals surface area (Å²) in [5.74, 6) is 1.06. The van der Waals surface area contributed by atoms with E-state index in [-0.39, 0.29) is 18.5 Å². The molecule has 0 aliphatic carbocycles. The molecule has 0 saturated carbocycles. The average Bonchev–Trinajstić information content (AvgIpc) is 3.19. The van der Waals surface area contributed by atoms with E-state index in [0.29, 0.717) is 16.6 Å². The molecular weight excluding hydrogens is 316 g/mol. The molecule has 1 aromatic carbocycles. The van der Waals surface area contributed by atoms with E-state index < -0.39 is 0 Å². The van der Waals surface area contributed by atoms with Gasteiger partial charge in [-0.1, -0.05) is 23.7 Å². The van der Waals surface area contributed by atoms with Crippen LogP contribution in [-0.2, 0) is 11.3 Å². The SMILES string of the molecule is C[C@@H](NC(=O)Cn1ncnc1-c1ccccc1Cl)c1ccco1. The molecular formula is C16H15ClN4O2. The molecule has 0 fully saturated rings. The van der Waals surface area contributed by atoms with Crippen LogP contribution in [0.1, 0.15) is 18.7 Å². The summed E-state index contributed by atoms with van der Waals surface area (Å²) in [6.07, 6.45) is 2.98. The van der Waals surface area contributed by atoms with Crippen LogP contribution >= 0.6 is 11.6 Å². The first kappa shape index (κ1) is 15.3. The van der Waals surface area contributed by atoms with Crippen molar-refractivity contribution in [3.05, 3.63) is 59.8 Å². The number of benzene rings is 1. The van der Waals surface area contributed by atoms with Crippen molar-refractivity contribution in [2.45, 2.75) is 19.5 Å². The first-order chi connectivity index (χ1) is 11.1. The second-order valence-corrected chi connectivity index (χ2v) is 5.43. The maximum atomic E-state index is 12.2. The highest BCUT2D eigenvalue weighted by Gasteiger charge is 2.16. The lowest BCUT2D eigenvalue weighted by Gasteiger charge is -2.12. The van der Waals surface area contributed by atoms with Crippen LogP contribution in [0.3, 0.4) is 0 Å². The quantitative estimate of drug-likeness (QED) is 0.780. The molecule has 7 heteroatoms. The maximum absolute atomic E-state index is 12.2. The van der Waals surface area contributed by atoms with Gasteiger partial charge in [0.1, 0.15) is 18.6 Å². The number of rotatable bonds is 5. The van der Waals surface area contributed by atoms with E-state index in [9.17, 15) is 4.79 Å². The average molecular weight is 331 g/mol. The topological polar surface area (TPSA) is 73.0 Å². The Kier molecular flexibility index (Phi) is 4.43. The molecule has 118 valence electrons. The highest BCUT2D eigenvalue weighted by atomic mass is 35.5. The van der Waals surface area contributed by atoms with Crippen molar-refractivity contribution >= 4 is 17.5 Å². The Labute approximate surface area is 138 Å². The molecule has 0 aliphatic rings. The molecule has 1 N–H and O–H groups in total. The summed E-state index contributed by atoms with van der Waals surface area (Å²) in [5.41, 5.74) is 0.735. The minimum Gasteiger partial charge on any atom is -0.467 e. The standard InChI is InChI=1S/C16H15ClN4O2/c1-11(14-7-4-8-23-14)20-15(22)9-21-16(18-10-19-21)12-5-2-3-6-13(12)17/h2-8,10-11H,9H2,1H3,(H,20,22)/t11-/m1/s1. The highest BCUT2D eigenvalue weighted by molar-refractivity contribution is 6.33. The Balaban J connectivity index is 1.73. The summed E-state index contributed by atoms with van der Waals surface area (Å²) < 4.78 is 6.79. The van der Waals surface area contributed by atoms with Crippen molar-refractivity contribution in [1.82, 2.24) is 20.1 Å². The summed E-state index contributed by atoms with van der Waals surface area (Å²) in [6.45, 7) is 1.90. The predicted molar refractivity (Wildman–Crippen MR) is 85.7 cm³/mol. The number of halogens is 1. The molecule has 3 rings (SSSR count). The van der Waals surface area contributed by atoms with E-state index in [2.05, 4.69) is 15.4 Å². The van der Waals surface area contributed by atoms with Gasteiger partial charge in [0.25, 0.3) is 0 Å². The molecule has 0 bridgehead atoms. The van der Waals surface area contributed by atoms with E-state index >= 15 is 0 Å². The lowest BCUT2D eigenvalue weighted by atomic mass is 10.2. The first-order valence-corrected chi connectivity index (χ1v) is 7.48. The van der Waals surface area contributed by atoms with Gasteiger partial charge >= 0.3 is 0 Å². The number of nitrogens with zero attached hydrogens (tertiary/aromatic N) is 3. The minimum absolute atomic E-state index is 0.0472. The van der Waals surface area contributed by atoms with Crippen molar-refractivity contribution in [3.63, 3.8) is 0 Å². The summed E-state index contributed by atoms with van der Waals surface area (Å²) in [6, 6.07) is 10.7. The Hall–Kier alpha value is -2.60. The zero-order chi connectivity index (χ0) is 16.2. The molecule has 0 spiro atoms. The van der Waals surface area contributed by atoms with E-state index in [1.807, 2.05) is 31.2 Å². The van der Waals surface area contributed by atoms with E-state index in [0.717, 1.165) is 5.56 Å². The van der Waals surface area contributed by atoms with Crippen LogP contribution in [0.5, 0.6) is 0 Å². The van der Waals surface area contributed by atoms with Gasteiger partial charge in [-0.15, -0.1) is 0 Å². The minimum atomic E-state index is -0.218. The number of aromatic nitrogens is 3. The van der Waals surface area contributed by atoms with Crippen molar-refractivity contribution < 1.29 is 9.21 Å².